The number of imidazole rings is 2. The van der Waals surface area contributed by atoms with E-state index < -0.39 is 4.92 Å². The third-order valence-electron chi connectivity index (χ3n) is 4.69. The lowest BCUT2D eigenvalue weighted by Crippen LogP contribution is -2.02. The predicted molar refractivity (Wildman–Crippen MR) is 125 cm³/mol. The van der Waals surface area contributed by atoms with E-state index in [9.17, 15) is 10.1 Å². The summed E-state index contributed by atoms with van der Waals surface area (Å²) < 4.78 is 3.44. The van der Waals surface area contributed by atoms with Crippen LogP contribution in [0.3, 0.4) is 0 Å². The standard InChI is InChI=1S/C20H20N6O2S3/c1-14-15(13-24-9-8-21-20(24)29-2)4-3-5-16(14)30-10-11-31-18-7-6-17-22-12-19(26(27)28)25(17)23-18/h3-9,12H,10-11,13H2,1-2H3. The smallest absolute Gasteiger partial charge is 0.358 e. The normalized spacial score (nSPS) is 11.3. The first-order valence-electron chi connectivity index (χ1n) is 9.45. The maximum absolute atomic E-state index is 11.1. The van der Waals surface area contributed by atoms with Crippen LogP contribution in [0.2, 0.25) is 0 Å². The third kappa shape index (κ3) is 4.89. The molecule has 0 saturated carbocycles. The van der Waals surface area contributed by atoms with Crippen molar-refractivity contribution in [2.75, 3.05) is 17.8 Å². The molecule has 0 amide bonds. The van der Waals surface area contributed by atoms with Gasteiger partial charge in [-0.05, 0) is 41.4 Å². The van der Waals surface area contributed by atoms with E-state index in [1.165, 1.54) is 26.7 Å². The summed E-state index contributed by atoms with van der Waals surface area (Å²) >= 11 is 5.03. The molecule has 0 unspecified atom stereocenters. The predicted octanol–water partition coefficient (Wildman–Crippen LogP) is 4.80. The van der Waals surface area contributed by atoms with E-state index in [0.717, 1.165) is 28.2 Å². The fourth-order valence-corrected chi connectivity index (χ4v) is 5.57. The van der Waals surface area contributed by atoms with Gasteiger partial charge in [-0.15, -0.1) is 23.5 Å². The van der Waals surface area contributed by atoms with Crippen molar-refractivity contribution in [2.24, 2.45) is 0 Å². The van der Waals surface area contributed by atoms with Crippen LogP contribution >= 0.6 is 35.3 Å². The van der Waals surface area contributed by atoms with Crippen molar-refractivity contribution < 1.29 is 4.92 Å². The van der Waals surface area contributed by atoms with E-state index in [1.807, 2.05) is 36.5 Å². The van der Waals surface area contributed by atoms with Crippen LogP contribution in [0.4, 0.5) is 5.82 Å². The van der Waals surface area contributed by atoms with Gasteiger partial charge in [0.05, 0.1) is 0 Å². The second-order valence-corrected chi connectivity index (χ2v) is 9.62. The van der Waals surface area contributed by atoms with Crippen LogP contribution in [0.5, 0.6) is 0 Å². The van der Waals surface area contributed by atoms with Crippen LogP contribution in [0.1, 0.15) is 11.1 Å². The Hall–Kier alpha value is -2.50. The highest BCUT2D eigenvalue weighted by Gasteiger charge is 2.16. The summed E-state index contributed by atoms with van der Waals surface area (Å²) in [6, 6.07) is 10.0. The number of hydrogen-bond acceptors (Lipinski definition) is 8. The van der Waals surface area contributed by atoms with Gasteiger partial charge < -0.3 is 14.7 Å². The van der Waals surface area contributed by atoms with E-state index in [-0.39, 0.29) is 5.82 Å². The van der Waals surface area contributed by atoms with Gasteiger partial charge in [0.25, 0.3) is 0 Å². The maximum atomic E-state index is 11.1. The summed E-state index contributed by atoms with van der Waals surface area (Å²) in [5.41, 5.74) is 3.04. The van der Waals surface area contributed by atoms with Crippen molar-refractivity contribution in [2.45, 2.75) is 28.5 Å². The molecule has 0 aliphatic carbocycles. The highest BCUT2D eigenvalue weighted by atomic mass is 32.2. The summed E-state index contributed by atoms with van der Waals surface area (Å²) in [7, 11) is 0. The molecule has 0 radical (unpaired) electrons. The van der Waals surface area contributed by atoms with Gasteiger partial charge >= 0.3 is 5.82 Å². The molecule has 0 fully saturated rings. The zero-order valence-electron chi connectivity index (χ0n) is 17.0. The van der Waals surface area contributed by atoms with Crippen LogP contribution in [0.15, 0.2) is 64.0 Å². The van der Waals surface area contributed by atoms with Crippen LogP contribution in [-0.2, 0) is 6.54 Å². The van der Waals surface area contributed by atoms with Crippen molar-refractivity contribution in [3.63, 3.8) is 0 Å². The van der Waals surface area contributed by atoms with E-state index >= 15 is 0 Å². The summed E-state index contributed by atoms with van der Waals surface area (Å²) in [5, 5.41) is 17.2. The summed E-state index contributed by atoms with van der Waals surface area (Å²) in [6.45, 7) is 2.97. The van der Waals surface area contributed by atoms with E-state index in [1.54, 1.807) is 29.6 Å². The van der Waals surface area contributed by atoms with Gasteiger partial charge in [-0.3, -0.25) is 0 Å². The number of aromatic nitrogens is 5. The number of thioether (sulfide) groups is 3. The van der Waals surface area contributed by atoms with Gasteiger partial charge in [0, 0.05) is 41.4 Å². The van der Waals surface area contributed by atoms with Crippen molar-refractivity contribution in [3.05, 3.63) is 70.2 Å². The molecule has 8 nitrogen and oxygen atoms in total. The molecule has 4 aromatic rings. The monoisotopic (exact) mass is 472 g/mol. The van der Waals surface area contributed by atoms with Crippen LogP contribution in [0.25, 0.3) is 5.65 Å². The van der Waals surface area contributed by atoms with E-state index in [4.69, 9.17) is 0 Å². The van der Waals surface area contributed by atoms with Crippen molar-refractivity contribution >= 4 is 46.8 Å². The molecule has 0 N–H and O–H groups in total. The zero-order valence-corrected chi connectivity index (χ0v) is 19.4. The molecule has 0 bridgehead atoms. The first-order chi connectivity index (χ1) is 15.1. The number of nitro groups is 1. The average molecular weight is 473 g/mol. The Labute approximate surface area is 192 Å². The molecule has 3 aromatic heterocycles. The molecular formula is C20H20N6O2S3. The maximum Gasteiger partial charge on any atom is 0.368 e. The fourth-order valence-electron chi connectivity index (χ4n) is 3.12. The Morgan fingerprint density at radius 3 is 2.77 bits per heavy atom. The largest absolute Gasteiger partial charge is 0.368 e. The van der Waals surface area contributed by atoms with Gasteiger partial charge in [-0.1, -0.05) is 33.5 Å². The highest BCUT2D eigenvalue weighted by Crippen LogP contribution is 2.28. The average Bonchev–Trinajstić information content (AvgIpc) is 3.39. The minimum absolute atomic E-state index is 0.123. The topological polar surface area (TPSA) is 91.1 Å². The van der Waals surface area contributed by atoms with Crippen molar-refractivity contribution in [3.8, 4) is 0 Å². The van der Waals surface area contributed by atoms with Crippen molar-refractivity contribution in [1.82, 2.24) is 24.1 Å². The Morgan fingerprint density at radius 2 is 1.97 bits per heavy atom. The quantitative estimate of drug-likeness (QED) is 0.149. The van der Waals surface area contributed by atoms with Crippen LogP contribution in [-0.4, -0.2) is 46.8 Å². The lowest BCUT2D eigenvalue weighted by molar-refractivity contribution is -0.391. The van der Waals surface area contributed by atoms with E-state index in [0.29, 0.717) is 5.65 Å². The molecule has 0 spiro atoms. The zero-order chi connectivity index (χ0) is 21.8. The first kappa shape index (κ1) is 21.7. The highest BCUT2D eigenvalue weighted by molar-refractivity contribution is 8.03. The van der Waals surface area contributed by atoms with Gasteiger partial charge in [-0.25, -0.2) is 9.97 Å². The Balaban J connectivity index is 1.37. The molecule has 11 heteroatoms. The summed E-state index contributed by atoms with van der Waals surface area (Å²) in [5.74, 6) is 1.62. The molecular weight excluding hydrogens is 452 g/mol. The van der Waals surface area contributed by atoms with Gasteiger partial charge in [0.15, 0.2) is 5.16 Å². The van der Waals surface area contributed by atoms with Crippen LogP contribution in [0, 0.1) is 17.0 Å². The SMILES string of the molecule is CSc1nccn1Cc1cccc(SCCSc2ccc3ncc([N+](=O)[O-])n3n2)c1C. The third-order valence-corrected chi connectivity index (χ3v) is 7.74. The summed E-state index contributed by atoms with van der Waals surface area (Å²) in [6.07, 6.45) is 7.11. The molecule has 0 aliphatic rings. The molecule has 0 aliphatic heterocycles. The molecule has 160 valence electrons. The molecule has 1 aromatic carbocycles. The number of benzene rings is 1. The minimum atomic E-state index is -0.473. The van der Waals surface area contributed by atoms with Crippen molar-refractivity contribution in [1.29, 1.82) is 0 Å². The Bertz CT molecular complexity index is 1220. The number of hydrogen-bond donors (Lipinski definition) is 0. The molecule has 0 saturated heterocycles. The first-order valence-corrected chi connectivity index (χ1v) is 12.6. The lowest BCUT2D eigenvalue weighted by atomic mass is 10.1. The number of rotatable bonds is 9. The van der Waals surface area contributed by atoms with Gasteiger partial charge in [0.2, 0.25) is 5.65 Å². The van der Waals surface area contributed by atoms with Gasteiger partial charge in [-0.2, -0.15) is 0 Å². The molecule has 31 heavy (non-hydrogen) atoms. The van der Waals surface area contributed by atoms with Gasteiger partial charge in [0.1, 0.15) is 11.2 Å². The molecule has 3 heterocycles. The van der Waals surface area contributed by atoms with E-state index in [2.05, 4.69) is 44.8 Å². The second-order valence-electron chi connectivity index (χ2n) is 6.59. The van der Waals surface area contributed by atoms with Crippen LogP contribution < -0.4 is 0 Å². The Morgan fingerprint density at radius 1 is 1.13 bits per heavy atom. The number of nitrogens with zero attached hydrogens (tertiary/aromatic N) is 6. The fraction of sp³-hybridized carbons (Fsp3) is 0.250. The Kier molecular flexibility index (Phi) is 6.83. The number of fused-ring (bicyclic) bond motifs is 1. The summed E-state index contributed by atoms with van der Waals surface area (Å²) in [4.78, 5) is 20.3. The molecule has 4 rings (SSSR count). The molecule has 0 atom stereocenters. The minimum Gasteiger partial charge on any atom is -0.358 e. The lowest BCUT2D eigenvalue weighted by Gasteiger charge is -2.12. The second kappa shape index (κ2) is 9.75.